The van der Waals surface area contributed by atoms with Crippen molar-refractivity contribution >= 4 is 51.8 Å². The number of nitrogens with zero attached hydrogens (tertiary/aromatic N) is 4. The zero-order valence-corrected chi connectivity index (χ0v) is 23.7. The molecule has 11 nitrogen and oxygen atoms in total. The van der Waals surface area contributed by atoms with E-state index < -0.39 is 36.0 Å². The Kier molecular flexibility index (Phi) is 6.84. The van der Waals surface area contributed by atoms with Gasteiger partial charge in [-0.2, -0.15) is 0 Å². The summed E-state index contributed by atoms with van der Waals surface area (Å²) in [6, 6.07) is 8.90. The second-order valence-electron chi connectivity index (χ2n) is 9.86. The Bertz CT molecular complexity index is 1390. The van der Waals surface area contributed by atoms with Crippen LogP contribution in [0.5, 0.6) is 0 Å². The first-order valence-electron chi connectivity index (χ1n) is 12.3. The third-order valence-electron chi connectivity index (χ3n) is 6.67. The minimum atomic E-state index is -2.47. The largest absolute Gasteiger partial charge is 0.347 e. The summed E-state index contributed by atoms with van der Waals surface area (Å²) in [5.74, 6) is -0.795. The first-order valence-corrected chi connectivity index (χ1v) is 16.4. The number of nitrogens with one attached hydrogen (secondary N) is 1. The summed E-state index contributed by atoms with van der Waals surface area (Å²) in [6.07, 6.45) is 1.15. The molecule has 38 heavy (non-hydrogen) atoms. The quantitative estimate of drug-likeness (QED) is 0.423. The van der Waals surface area contributed by atoms with Gasteiger partial charge in [0, 0.05) is 10.8 Å². The van der Waals surface area contributed by atoms with Crippen molar-refractivity contribution in [2.24, 2.45) is 0 Å². The zero-order valence-electron chi connectivity index (χ0n) is 21.2. The average molecular weight is 578 g/mol. The summed E-state index contributed by atoms with van der Waals surface area (Å²) in [4.78, 5) is 25.9. The lowest BCUT2D eigenvalue weighted by Gasteiger charge is -2.25. The number of hydrogen-bond donors (Lipinski definition) is 1. The van der Waals surface area contributed by atoms with Gasteiger partial charge < -0.3 is 28.6 Å². The maximum Gasteiger partial charge on any atom is 0.256 e. The van der Waals surface area contributed by atoms with Gasteiger partial charge >= 0.3 is 0 Å². The van der Waals surface area contributed by atoms with Crippen LogP contribution in [0.1, 0.15) is 44.3 Å². The fraction of sp³-hybridized carbons (Fsp3) is 0.500. The Hall–Kier alpha value is -1.96. The number of carbonyl (C=O) groups excluding carboxylic acids is 1. The predicted octanol–water partition coefficient (Wildman–Crippen LogP) is 4.28. The first kappa shape index (κ1) is 26.3. The summed E-state index contributed by atoms with van der Waals surface area (Å²) in [6.45, 7) is 8.04. The maximum absolute atomic E-state index is 12.7. The molecule has 1 amide bonds. The Labute approximate surface area is 228 Å². The van der Waals surface area contributed by atoms with Gasteiger partial charge in [0.15, 0.2) is 29.0 Å². The molecule has 3 aliphatic heterocycles. The van der Waals surface area contributed by atoms with Crippen LogP contribution >= 0.6 is 17.1 Å². The van der Waals surface area contributed by atoms with Crippen LogP contribution in [0.2, 0.25) is 0 Å². The highest BCUT2D eigenvalue weighted by Crippen LogP contribution is 2.69. The molecule has 14 heteroatoms. The Morgan fingerprint density at radius 1 is 1.18 bits per heavy atom. The van der Waals surface area contributed by atoms with Gasteiger partial charge in [0.05, 0.1) is 19.0 Å². The van der Waals surface area contributed by atoms with Crippen LogP contribution in [-0.2, 0) is 35.1 Å². The van der Waals surface area contributed by atoms with Crippen LogP contribution in [0.15, 0.2) is 43.0 Å². The fourth-order valence-corrected chi connectivity index (χ4v) is 11.0. The molecule has 0 spiro atoms. The molecule has 3 fully saturated rings. The van der Waals surface area contributed by atoms with E-state index in [4.69, 9.17) is 35.1 Å². The third kappa shape index (κ3) is 4.90. The molecule has 3 aromatic rings. The highest BCUT2D eigenvalue weighted by Gasteiger charge is 2.56. The van der Waals surface area contributed by atoms with E-state index in [1.807, 2.05) is 26.8 Å². The number of fused-ring (bicyclic) bond motifs is 2. The zero-order chi connectivity index (χ0) is 26.7. The van der Waals surface area contributed by atoms with Crippen LogP contribution in [0.3, 0.4) is 0 Å². The summed E-state index contributed by atoms with van der Waals surface area (Å²) < 4.78 is 32.8. The number of anilines is 1. The van der Waals surface area contributed by atoms with Crippen LogP contribution in [0.4, 0.5) is 5.82 Å². The standard InChI is InChI=1S/C24H28N5O6PS2/c1-13-14(2)38-36(37,35-13)31-10-16-18-19(34-24(3,4)33-18)23(32-16)29-12-27-17-20(25-11-26-21(17)29)28-22(30)15-8-6-5-7-9-15/h5-9,11-14,16,18-19,23H,10H2,1-4H3,(H,25,26,28,30)/t13-,14+,16-,18-,19-,23-,36?/m1/s1. The highest BCUT2D eigenvalue weighted by molar-refractivity contribution is 8.68. The number of rotatable bonds is 6. The van der Waals surface area contributed by atoms with Crippen molar-refractivity contribution in [2.75, 3.05) is 11.9 Å². The van der Waals surface area contributed by atoms with E-state index in [1.54, 1.807) is 46.5 Å². The number of carbonyl (C=O) groups is 1. The smallest absolute Gasteiger partial charge is 0.256 e. The lowest BCUT2D eigenvalue weighted by Crippen LogP contribution is -2.32. The van der Waals surface area contributed by atoms with Crippen molar-refractivity contribution in [3.05, 3.63) is 48.5 Å². The molecule has 6 rings (SSSR count). The van der Waals surface area contributed by atoms with Crippen LogP contribution in [0.25, 0.3) is 11.2 Å². The van der Waals surface area contributed by atoms with Crippen LogP contribution in [0, 0.1) is 0 Å². The molecule has 0 saturated carbocycles. The number of aromatic nitrogens is 4. The van der Waals surface area contributed by atoms with Crippen molar-refractivity contribution in [1.29, 1.82) is 0 Å². The Morgan fingerprint density at radius 2 is 1.95 bits per heavy atom. The van der Waals surface area contributed by atoms with Crippen molar-refractivity contribution in [3.63, 3.8) is 0 Å². The maximum atomic E-state index is 12.7. The number of hydrogen-bond acceptors (Lipinski definition) is 11. The average Bonchev–Trinajstić information content (AvgIpc) is 3.59. The molecule has 0 radical (unpaired) electrons. The number of imidazole rings is 1. The minimum absolute atomic E-state index is 0.0365. The van der Waals surface area contributed by atoms with E-state index in [0.29, 0.717) is 22.5 Å². The van der Waals surface area contributed by atoms with Crippen LogP contribution in [-0.4, -0.2) is 67.5 Å². The summed E-state index contributed by atoms with van der Waals surface area (Å²) in [7, 11) is 0. The molecule has 7 atom stereocenters. The lowest BCUT2D eigenvalue weighted by molar-refractivity contribution is -0.198. The molecule has 1 unspecified atom stereocenters. The molecule has 1 N–H and O–H groups in total. The Morgan fingerprint density at radius 3 is 2.68 bits per heavy atom. The lowest BCUT2D eigenvalue weighted by atomic mass is 10.1. The molecule has 1 aromatic carbocycles. The van der Waals surface area contributed by atoms with E-state index in [2.05, 4.69) is 27.2 Å². The van der Waals surface area contributed by atoms with Crippen molar-refractivity contribution < 1.29 is 28.1 Å². The molecule has 0 aliphatic carbocycles. The van der Waals surface area contributed by atoms with Gasteiger partial charge in [-0.3, -0.25) is 9.36 Å². The SMILES string of the molecule is C[C@@H]1SP(=S)(OC[C@H]2O[C@@H](n3cnc4c(NC(=O)c5ccccc5)ncnc43)[C@@H]3OC(C)(C)O[C@@H]32)O[C@@H]1C. The number of ether oxygens (including phenoxy) is 3. The van der Waals surface area contributed by atoms with E-state index >= 15 is 0 Å². The molecule has 0 bridgehead atoms. The fourth-order valence-electron chi connectivity index (χ4n) is 4.75. The molecule has 3 aliphatic rings. The number of benzene rings is 1. The minimum Gasteiger partial charge on any atom is -0.347 e. The summed E-state index contributed by atoms with van der Waals surface area (Å²) in [5.41, 5.74) is -1.04. The second kappa shape index (κ2) is 9.90. The molecular weight excluding hydrogens is 549 g/mol. The molecule has 3 saturated heterocycles. The van der Waals surface area contributed by atoms with Crippen molar-refractivity contribution in [1.82, 2.24) is 19.5 Å². The van der Waals surface area contributed by atoms with E-state index in [9.17, 15) is 4.79 Å². The van der Waals surface area contributed by atoms with Gasteiger partial charge in [0.1, 0.15) is 24.6 Å². The second-order valence-corrected chi connectivity index (χ2v) is 16.4. The highest BCUT2D eigenvalue weighted by atomic mass is 32.9. The van der Waals surface area contributed by atoms with Gasteiger partial charge in [-0.05, 0) is 44.7 Å². The third-order valence-corrected chi connectivity index (χ3v) is 12.4. The normalized spacial score (nSPS) is 34.0. The molecule has 5 heterocycles. The van der Waals surface area contributed by atoms with Crippen molar-refractivity contribution in [2.45, 2.75) is 69.4 Å². The van der Waals surface area contributed by atoms with Crippen LogP contribution < -0.4 is 5.32 Å². The van der Waals surface area contributed by atoms with Gasteiger partial charge in [-0.25, -0.2) is 15.0 Å². The van der Waals surface area contributed by atoms with Crippen molar-refractivity contribution in [3.8, 4) is 0 Å². The number of amides is 1. The van der Waals surface area contributed by atoms with E-state index in [0.717, 1.165) is 0 Å². The monoisotopic (exact) mass is 577 g/mol. The van der Waals surface area contributed by atoms with E-state index in [1.165, 1.54) is 6.33 Å². The molecule has 2 aromatic heterocycles. The van der Waals surface area contributed by atoms with Gasteiger partial charge in [-0.15, -0.1) is 0 Å². The predicted molar refractivity (Wildman–Crippen MR) is 145 cm³/mol. The first-order chi connectivity index (χ1) is 18.1. The van der Waals surface area contributed by atoms with E-state index in [-0.39, 0.29) is 23.9 Å². The molecular formula is C24H28N5O6PS2. The summed E-state index contributed by atoms with van der Waals surface area (Å²) in [5, 5.41) is 3.10. The topological polar surface area (TPSA) is 119 Å². The van der Waals surface area contributed by atoms with Gasteiger partial charge in [-0.1, -0.05) is 36.5 Å². The molecule has 202 valence electrons. The Balaban J connectivity index is 1.25. The summed E-state index contributed by atoms with van der Waals surface area (Å²) >= 11 is 7.29. The van der Waals surface area contributed by atoms with Gasteiger partial charge in [0.25, 0.3) is 5.91 Å². The van der Waals surface area contributed by atoms with Gasteiger partial charge in [0.2, 0.25) is 5.69 Å².